The molecule has 0 aromatic carbocycles. The van der Waals surface area contributed by atoms with Crippen LogP contribution in [0.5, 0.6) is 5.88 Å². The minimum atomic E-state index is 0.880. The fraction of sp³-hybridized carbons (Fsp3) is 0.625. The first-order chi connectivity index (χ1) is 5.20. The Kier molecular flexibility index (Phi) is 2.17. The monoisotopic (exact) mass is 154 g/mol. The van der Waals surface area contributed by atoms with Crippen LogP contribution in [-0.2, 0) is 13.5 Å². The fourth-order valence-electron chi connectivity index (χ4n) is 1.34. The Morgan fingerprint density at radius 3 is 2.55 bits per heavy atom. The summed E-state index contributed by atoms with van der Waals surface area (Å²) in [5, 5.41) is 4.24. The predicted molar refractivity (Wildman–Crippen MR) is 43.9 cm³/mol. The van der Waals surface area contributed by atoms with Crippen LogP contribution >= 0.6 is 0 Å². The van der Waals surface area contributed by atoms with E-state index in [2.05, 4.69) is 12.0 Å². The van der Waals surface area contributed by atoms with Crippen LogP contribution in [0, 0.1) is 6.92 Å². The average Bonchev–Trinajstić information content (AvgIpc) is 2.24. The smallest absolute Gasteiger partial charge is 0.214 e. The molecule has 1 rings (SSSR count). The van der Waals surface area contributed by atoms with Gasteiger partial charge < -0.3 is 4.74 Å². The van der Waals surface area contributed by atoms with Crippen molar-refractivity contribution in [2.75, 3.05) is 7.11 Å². The summed E-state index contributed by atoms with van der Waals surface area (Å²) < 4.78 is 6.96. The van der Waals surface area contributed by atoms with Crippen molar-refractivity contribution in [3.8, 4) is 5.88 Å². The Morgan fingerprint density at radius 1 is 1.55 bits per heavy atom. The lowest BCUT2D eigenvalue weighted by atomic mass is 10.2. The molecule has 0 atom stereocenters. The van der Waals surface area contributed by atoms with Crippen molar-refractivity contribution in [3.05, 3.63) is 11.3 Å². The van der Waals surface area contributed by atoms with Gasteiger partial charge in [-0.2, -0.15) is 5.10 Å². The van der Waals surface area contributed by atoms with Crippen LogP contribution < -0.4 is 4.74 Å². The molecule has 0 radical (unpaired) electrons. The Balaban J connectivity index is 3.17. The molecule has 0 aliphatic carbocycles. The molecule has 11 heavy (non-hydrogen) atoms. The van der Waals surface area contributed by atoms with E-state index in [9.17, 15) is 0 Å². The van der Waals surface area contributed by atoms with Crippen molar-refractivity contribution in [3.63, 3.8) is 0 Å². The average molecular weight is 154 g/mol. The summed E-state index contributed by atoms with van der Waals surface area (Å²) in [6, 6.07) is 0. The molecule has 0 aliphatic rings. The van der Waals surface area contributed by atoms with E-state index in [0.29, 0.717) is 0 Å². The normalized spacial score (nSPS) is 10.2. The fourth-order valence-corrected chi connectivity index (χ4v) is 1.34. The molecule has 3 heteroatoms. The molecule has 0 N–H and O–H groups in total. The van der Waals surface area contributed by atoms with Gasteiger partial charge in [0.05, 0.1) is 12.8 Å². The second kappa shape index (κ2) is 2.95. The van der Waals surface area contributed by atoms with Gasteiger partial charge in [-0.05, 0) is 13.3 Å². The number of aromatic nitrogens is 2. The number of ether oxygens (including phenoxy) is 1. The molecule has 0 bridgehead atoms. The predicted octanol–water partition coefficient (Wildman–Crippen LogP) is 1.30. The maximum atomic E-state index is 5.19. The largest absolute Gasteiger partial charge is 0.481 e. The summed E-state index contributed by atoms with van der Waals surface area (Å²) in [6.45, 7) is 4.11. The van der Waals surface area contributed by atoms with E-state index in [-0.39, 0.29) is 0 Å². The molecule has 0 saturated heterocycles. The van der Waals surface area contributed by atoms with Crippen molar-refractivity contribution in [2.45, 2.75) is 20.3 Å². The summed E-state index contributed by atoms with van der Waals surface area (Å²) in [5.74, 6) is 0.880. The molecule has 0 fully saturated rings. The lowest BCUT2D eigenvalue weighted by Gasteiger charge is -2.01. The first-order valence-corrected chi connectivity index (χ1v) is 3.77. The minimum Gasteiger partial charge on any atom is -0.481 e. The van der Waals surface area contributed by atoms with Gasteiger partial charge in [-0.3, -0.25) is 0 Å². The van der Waals surface area contributed by atoms with Crippen LogP contribution in [0.25, 0.3) is 0 Å². The molecule has 3 nitrogen and oxygen atoms in total. The summed E-state index contributed by atoms with van der Waals surface area (Å²) in [5.41, 5.74) is 2.27. The zero-order valence-corrected chi connectivity index (χ0v) is 7.51. The van der Waals surface area contributed by atoms with Gasteiger partial charge in [-0.25, -0.2) is 4.68 Å². The van der Waals surface area contributed by atoms with Gasteiger partial charge in [0.2, 0.25) is 5.88 Å². The molecule has 0 amide bonds. The number of nitrogens with zero attached hydrogens (tertiary/aromatic N) is 2. The lowest BCUT2D eigenvalue weighted by molar-refractivity contribution is 0.369. The topological polar surface area (TPSA) is 27.1 Å². The molecule has 1 aromatic heterocycles. The Labute approximate surface area is 67.0 Å². The van der Waals surface area contributed by atoms with Crippen LogP contribution in [0.1, 0.15) is 18.2 Å². The van der Waals surface area contributed by atoms with E-state index < -0.39 is 0 Å². The van der Waals surface area contributed by atoms with Gasteiger partial charge in [0, 0.05) is 12.6 Å². The molecule has 0 unspecified atom stereocenters. The van der Waals surface area contributed by atoms with Crippen LogP contribution in [0.3, 0.4) is 0 Å². The van der Waals surface area contributed by atoms with Gasteiger partial charge in [0.25, 0.3) is 0 Å². The van der Waals surface area contributed by atoms with Crippen LogP contribution in [-0.4, -0.2) is 16.9 Å². The van der Waals surface area contributed by atoms with Gasteiger partial charge in [-0.1, -0.05) is 6.92 Å². The summed E-state index contributed by atoms with van der Waals surface area (Å²) in [6.07, 6.45) is 0.975. The van der Waals surface area contributed by atoms with Crippen molar-refractivity contribution in [2.24, 2.45) is 7.05 Å². The molecule has 0 aliphatic heterocycles. The molecular formula is C8H14N2O. The van der Waals surface area contributed by atoms with E-state index in [0.717, 1.165) is 18.0 Å². The van der Waals surface area contributed by atoms with E-state index in [4.69, 9.17) is 4.74 Å². The number of aryl methyl sites for hydroxylation is 2. The Morgan fingerprint density at radius 2 is 2.18 bits per heavy atom. The van der Waals surface area contributed by atoms with Crippen molar-refractivity contribution >= 4 is 0 Å². The molecule has 0 spiro atoms. The van der Waals surface area contributed by atoms with E-state index in [1.54, 1.807) is 11.8 Å². The molecular weight excluding hydrogens is 140 g/mol. The van der Waals surface area contributed by atoms with Gasteiger partial charge in [0.1, 0.15) is 0 Å². The van der Waals surface area contributed by atoms with Crippen LogP contribution in [0.4, 0.5) is 0 Å². The minimum absolute atomic E-state index is 0.880. The third-order valence-electron chi connectivity index (χ3n) is 1.84. The SMILES string of the molecule is CCc1c(C)nn(C)c1OC. The number of hydrogen-bond acceptors (Lipinski definition) is 2. The van der Waals surface area contributed by atoms with Gasteiger partial charge in [-0.15, -0.1) is 0 Å². The summed E-state index contributed by atoms with van der Waals surface area (Å²) in [4.78, 5) is 0. The van der Waals surface area contributed by atoms with Crippen LogP contribution in [0.15, 0.2) is 0 Å². The first kappa shape index (κ1) is 8.11. The Hall–Kier alpha value is -0.990. The van der Waals surface area contributed by atoms with Crippen molar-refractivity contribution in [1.29, 1.82) is 0 Å². The third kappa shape index (κ3) is 1.23. The number of hydrogen-bond donors (Lipinski definition) is 0. The van der Waals surface area contributed by atoms with Crippen molar-refractivity contribution < 1.29 is 4.74 Å². The Bertz CT molecular complexity index is 228. The highest BCUT2D eigenvalue weighted by Crippen LogP contribution is 2.20. The van der Waals surface area contributed by atoms with Gasteiger partial charge in [0.15, 0.2) is 0 Å². The second-order valence-corrected chi connectivity index (χ2v) is 2.55. The standard InChI is InChI=1S/C8H14N2O/c1-5-7-6(2)9-10(3)8(7)11-4/h5H2,1-4H3. The molecule has 0 saturated carbocycles. The third-order valence-corrected chi connectivity index (χ3v) is 1.84. The molecule has 62 valence electrons. The van der Waals surface area contributed by atoms with Gasteiger partial charge >= 0.3 is 0 Å². The quantitative estimate of drug-likeness (QED) is 0.642. The summed E-state index contributed by atoms with van der Waals surface area (Å²) >= 11 is 0. The number of rotatable bonds is 2. The first-order valence-electron chi connectivity index (χ1n) is 3.77. The van der Waals surface area contributed by atoms with E-state index >= 15 is 0 Å². The molecule has 1 heterocycles. The second-order valence-electron chi connectivity index (χ2n) is 2.55. The van der Waals surface area contributed by atoms with E-state index in [1.807, 2.05) is 14.0 Å². The highest BCUT2D eigenvalue weighted by molar-refractivity contribution is 5.30. The van der Waals surface area contributed by atoms with Crippen molar-refractivity contribution in [1.82, 2.24) is 9.78 Å². The highest BCUT2D eigenvalue weighted by atomic mass is 16.5. The number of methoxy groups -OCH3 is 1. The zero-order valence-electron chi connectivity index (χ0n) is 7.51. The molecule has 1 aromatic rings. The maximum Gasteiger partial charge on any atom is 0.214 e. The highest BCUT2D eigenvalue weighted by Gasteiger charge is 2.10. The maximum absolute atomic E-state index is 5.19. The lowest BCUT2D eigenvalue weighted by Crippen LogP contribution is -1.96. The van der Waals surface area contributed by atoms with Crippen LogP contribution in [0.2, 0.25) is 0 Å². The van der Waals surface area contributed by atoms with E-state index in [1.165, 1.54) is 5.56 Å². The zero-order chi connectivity index (χ0) is 8.43. The summed E-state index contributed by atoms with van der Waals surface area (Å²) in [7, 11) is 3.57.